The first-order valence-electron chi connectivity index (χ1n) is 8.45. The van der Waals surface area contributed by atoms with E-state index in [-0.39, 0.29) is 24.5 Å². The van der Waals surface area contributed by atoms with Crippen LogP contribution in [0.4, 0.5) is 0 Å². The van der Waals surface area contributed by atoms with Crippen LogP contribution in [0, 0.1) is 11.3 Å². The number of allylic oxidation sites excluding steroid dienone is 2. The van der Waals surface area contributed by atoms with Crippen molar-refractivity contribution in [3.8, 4) is 0 Å². The Balaban J connectivity index is 2.40. The van der Waals surface area contributed by atoms with Crippen molar-refractivity contribution in [2.24, 2.45) is 11.3 Å². The molecule has 2 rings (SSSR count). The second-order valence-corrected chi connectivity index (χ2v) is 8.94. The first-order chi connectivity index (χ1) is 10.8. The molecule has 0 aliphatic heterocycles. The van der Waals surface area contributed by atoms with E-state index in [2.05, 4.69) is 0 Å². The van der Waals surface area contributed by atoms with E-state index in [0.29, 0.717) is 12.0 Å². The van der Waals surface area contributed by atoms with Crippen LogP contribution >= 0.6 is 0 Å². The van der Waals surface area contributed by atoms with E-state index in [1.54, 1.807) is 48.5 Å². The third-order valence-electron chi connectivity index (χ3n) is 4.49. The maximum atomic E-state index is 12.9. The fourth-order valence-electron chi connectivity index (χ4n) is 3.42. The van der Waals surface area contributed by atoms with Gasteiger partial charge in [0.15, 0.2) is 11.2 Å². The summed E-state index contributed by atoms with van der Waals surface area (Å²) in [4.78, 5) is 37.7. The van der Waals surface area contributed by atoms with Gasteiger partial charge in [0.25, 0.3) is 0 Å². The summed E-state index contributed by atoms with van der Waals surface area (Å²) in [7, 11) is 0. The lowest BCUT2D eigenvalue weighted by Crippen LogP contribution is -2.45. The highest BCUT2D eigenvalue weighted by molar-refractivity contribution is 6.04. The van der Waals surface area contributed by atoms with Gasteiger partial charge in [0.2, 0.25) is 0 Å². The Bertz CT molecular complexity index is 585. The molecule has 1 saturated carbocycles. The molecule has 0 N–H and O–H groups in total. The predicted octanol–water partition coefficient (Wildman–Crippen LogP) is 3.36. The molecule has 2 aliphatic rings. The van der Waals surface area contributed by atoms with Crippen LogP contribution in [0.1, 0.15) is 67.7 Å². The minimum Gasteiger partial charge on any atom is -0.459 e. The molecule has 0 radical (unpaired) electrons. The number of Topliss-reactive ketones (excluding diaryl/α,β-unsaturated/α-hetero) is 1. The molecule has 0 aromatic heterocycles. The van der Waals surface area contributed by atoms with E-state index in [9.17, 15) is 14.4 Å². The summed E-state index contributed by atoms with van der Waals surface area (Å²) < 4.78 is 11.1. The van der Waals surface area contributed by atoms with Gasteiger partial charge >= 0.3 is 11.9 Å². The van der Waals surface area contributed by atoms with E-state index < -0.39 is 28.6 Å². The van der Waals surface area contributed by atoms with E-state index in [0.717, 1.165) is 5.57 Å². The minimum absolute atomic E-state index is 0.0578. The standard InChI is InChI=1S/C19H28O5/c1-11-13-10-19(9-12(13)8-14(11)20,15(21)23-17(2,3)4)16(22)24-18(5,6)7/h12H,8-10H2,1-7H3/t12-/m0/s1. The number of fused-ring (bicyclic) bond motifs is 1. The Kier molecular flexibility index (Phi) is 4.45. The van der Waals surface area contributed by atoms with Crippen molar-refractivity contribution in [2.75, 3.05) is 0 Å². The second-order valence-electron chi connectivity index (χ2n) is 8.94. The molecule has 0 spiro atoms. The van der Waals surface area contributed by atoms with Gasteiger partial charge in [-0.1, -0.05) is 5.57 Å². The molecule has 0 bridgehead atoms. The van der Waals surface area contributed by atoms with Crippen LogP contribution in [0.2, 0.25) is 0 Å². The van der Waals surface area contributed by atoms with Gasteiger partial charge in [0.05, 0.1) is 0 Å². The lowest BCUT2D eigenvalue weighted by atomic mass is 9.83. The fraction of sp³-hybridized carbons (Fsp3) is 0.737. The SMILES string of the molecule is CC1=C2CC(C(=O)OC(C)(C)C)(C(=O)OC(C)(C)C)C[C@@H]2CC1=O. The average molecular weight is 336 g/mol. The van der Waals surface area contributed by atoms with E-state index in [1.807, 2.05) is 0 Å². The Labute approximate surface area is 143 Å². The van der Waals surface area contributed by atoms with Crippen molar-refractivity contribution < 1.29 is 23.9 Å². The summed E-state index contributed by atoms with van der Waals surface area (Å²) in [5, 5.41) is 0. The zero-order chi connectivity index (χ0) is 18.5. The van der Waals surface area contributed by atoms with Crippen LogP contribution in [0.25, 0.3) is 0 Å². The highest BCUT2D eigenvalue weighted by atomic mass is 16.6. The number of ether oxygens (including phenoxy) is 2. The normalized spacial score (nSPS) is 23.3. The van der Waals surface area contributed by atoms with Gasteiger partial charge < -0.3 is 9.47 Å². The number of carbonyl (C=O) groups is 3. The number of carbonyl (C=O) groups excluding carboxylic acids is 3. The summed E-state index contributed by atoms with van der Waals surface area (Å²) in [5.74, 6) is -1.05. The lowest BCUT2D eigenvalue weighted by molar-refractivity contribution is -0.185. The van der Waals surface area contributed by atoms with Crippen LogP contribution in [0.5, 0.6) is 0 Å². The summed E-state index contributed by atoms with van der Waals surface area (Å²) >= 11 is 0. The molecule has 0 amide bonds. The van der Waals surface area contributed by atoms with Crippen molar-refractivity contribution in [2.45, 2.75) is 78.9 Å². The maximum absolute atomic E-state index is 12.9. The molecule has 2 aliphatic carbocycles. The molecule has 134 valence electrons. The van der Waals surface area contributed by atoms with Crippen LogP contribution in [0.15, 0.2) is 11.1 Å². The van der Waals surface area contributed by atoms with E-state index in [4.69, 9.17) is 9.47 Å². The topological polar surface area (TPSA) is 69.7 Å². The molecule has 1 atom stereocenters. The van der Waals surface area contributed by atoms with Gasteiger partial charge in [0.1, 0.15) is 11.2 Å². The Morgan fingerprint density at radius 2 is 1.46 bits per heavy atom. The highest BCUT2D eigenvalue weighted by Gasteiger charge is 2.59. The van der Waals surface area contributed by atoms with Gasteiger partial charge in [-0.15, -0.1) is 0 Å². The molecule has 0 heterocycles. The van der Waals surface area contributed by atoms with Gasteiger partial charge in [0, 0.05) is 6.42 Å². The average Bonchev–Trinajstić information content (AvgIpc) is 2.84. The summed E-state index contributed by atoms with van der Waals surface area (Å²) in [6.45, 7) is 12.4. The molecule has 1 fully saturated rings. The number of esters is 2. The van der Waals surface area contributed by atoms with Gasteiger partial charge in [-0.05, 0) is 72.8 Å². The number of ketones is 1. The summed E-state index contributed by atoms with van der Waals surface area (Å²) in [6, 6.07) is 0. The maximum Gasteiger partial charge on any atom is 0.324 e. The largest absolute Gasteiger partial charge is 0.459 e. The first-order valence-corrected chi connectivity index (χ1v) is 8.45. The fourth-order valence-corrected chi connectivity index (χ4v) is 3.42. The molecule has 0 aromatic carbocycles. The van der Waals surface area contributed by atoms with Crippen molar-refractivity contribution in [1.29, 1.82) is 0 Å². The molecule has 5 heteroatoms. The molecule has 5 nitrogen and oxygen atoms in total. The van der Waals surface area contributed by atoms with Crippen LogP contribution in [-0.2, 0) is 23.9 Å². The monoisotopic (exact) mass is 336 g/mol. The molecule has 0 aromatic rings. The predicted molar refractivity (Wildman–Crippen MR) is 89.2 cm³/mol. The van der Waals surface area contributed by atoms with Crippen LogP contribution in [-0.4, -0.2) is 28.9 Å². The zero-order valence-electron chi connectivity index (χ0n) is 15.7. The van der Waals surface area contributed by atoms with Crippen molar-refractivity contribution in [1.82, 2.24) is 0 Å². The first kappa shape index (κ1) is 18.7. The minimum atomic E-state index is -1.34. The summed E-state index contributed by atoms with van der Waals surface area (Å²) in [6.07, 6.45) is 0.878. The molecule has 0 saturated heterocycles. The van der Waals surface area contributed by atoms with Crippen molar-refractivity contribution >= 4 is 17.7 Å². The van der Waals surface area contributed by atoms with Crippen molar-refractivity contribution in [3.05, 3.63) is 11.1 Å². The Morgan fingerprint density at radius 3 is 1.83 bits per heavy atom. The zero-order valence-corrected chi connectivity index (χ0v) is 15.7. The Hall–Kier alpha value is -1.65. The lowest BCUT2D eigenvalue weighted by Gasteiger charge is -2.32. The summed E-state index contributed by atoms with van der Waals surface area (Å²) in [5.41, 5.74) is -1.13. The third-order valence-corrected chi connectivity index (χ3v) is 4.49. The van der Waals surface area contributed by atoms with Crippen LogP contribution < -0.4 is 0 Å². The highest BCUT2D eigenvalue weighted by Crippen LogP contribution is 2.53. The molecular formula is C19H28O5. The van der Waals surface area contributed by atoms with Crippen molar-refractivity contribution in [3.63, 3.8) is 0 Å². The molecular weight excluding hydrogens is 308 g/mol. The quantitative estimate of drug-likeness (QED) is 0.571. The number of hydrogen-bond donors (Lipinski definition) is 0. The number of hydrogen-bond acceptors (Lipinski definition) is 5. The van der Waals surface area contributed by atoms with E-state index >= 15 is 0 Å². The van der Waals surface area contributed by atoms with Gasteiger partial charge in [-0.25, -0.2) is 0 Å². The van der Waals surface area contributed by atoms with E-state index in [1.165, 1.54) is 0 Å². The third kappa shape index (κ3) is 3.55. The second kappa shape index (κ2) is 5.71. The van der Waals surface area contributed by atoms with Gasteiger partial charge in [-0.3, -0.25) is 14.4 Å². The number of rotatable bonds is 2. The van der Waals surface area contributed by atoms with Gasteiger partial charge in [-0.2, -0.15) is 0 Å². The molecule has 24 heavy (non-hydrogen) atoms. The smallest absolute Gasteiger partial charge is 0.324 e. The van der Waals surface area contributed by atoms with Crippen LogP contribution in [0.3, 0.4) is 0 Å². The molecule has 0 unspecified atom stereocenters. The Morgan fingerprint density at radius 1 is 1.00 bits per heavy atom.